The molecule has 2 nitrogen and oxygen atoms in total. The number of hydrogen-bond acceptors (Lipinski definition) is 2. The lowest BCUT2D eigenvalue weighted by molar-refractivity contribution is 0.0606. The molecule has 0 aromatic carbocycles. The molecule has 14 heavy (non-hydrogen) atoms. The van der Waals surface area contributed by atoms with Gasteiger partial charge < -0.3 is 10.1 Å². The summed E-state index contributed by atoms with van der Waals surface area (Å²) in [6.07, 6.45) is 7.14. The summed E-state index contributed by atoms with van der Waals surface area (Å²) in [6.45, 7) is 5.15. The highest BCUT2D eigenvalue weighted by Gasteiger charge is 2.23. The monoisotopic (exact) mass is 199 g/mol. The fourth-order valence-electron chi connectivity index (χ4n) is 2.39. The zero-order chi connectivity index (χ0) is 10.4. The molecule has 1 rings (SSSR count). The van der Waals surface area contributed by atoms with Gasteiger partial charge in [-0.25, -0.2) is 0 Å². The van der Waals surface area contributed by atoms with Crippen molar-refractivity contribution in [2.45, 2.75) is 58.1 Å². The van der Waals surface area contributed by atoms with E-state index in [1.807, 2.05) is 0 Å². The molecule has 1 N–H and O–H groups in total. The maximum atomic E-state index is 5.61. The van der Waals surface area contributed by atoms with Crippen LogP contribution in [0.15, 0.2) is 0 Å². The topological polar surface area (TPSA) is 21.3 Å². The zero-order valence-corrected chi connectivity index (χ0v) is 9.88. The van der Waals surface area contributed by atoms with Crippen molar-refractivity contribution in [2.75, 3.05) is 13.7 Å². The first kappa shape index (κ1) is 12.0. The van der Waals surface area contributed by atoms with Crippen LogP contribution in [-0.4, -0.2) is 25.8 Å². The molecule has 2 atom stereocenters. The summed E-state index contributed by atoms with van der Waals surface area (Å²) in [5, 5.41) is 3.44. The third-order valence-corrected chi connectivity index (χ3v) is 3.22. The number of ether oxygens (including phenoxy) is 1. The largest absolute Gasteiger partial charge is 0.379 e. The van der Waals surface area contributed by atoms with E-state index in [1.54, 1.807) is 0 Å². The molecular weight excluding hydrogens is 174 g/mol. The SMILES string of the molecule is CNC1CCCCC1CCOC(C)C. The number of rotatable bonds is 5. The van der Waals surface area contributed by atoms with Crippen LogP contribution in [0.2, 0.25) is 0 Å². The molecule has 0 bridgehead atoms. The van der Waals surface area contributed by atoms with Gasteiger partial charge in [0.25, 0.3) is 0 Å². The van der Waals surface area contributed by atoms with Crippen LogP contribution in [0.5, 0.6) is 0 Å². The predicted octanol–water partition coefficient (Wildman–Crippen LogP) is 2.58. The molecule has 0 aliphatic heterocycles. The third-order valence-electron chi connectivity index (χ3n) is 3.22. The Morgan fingerprint density at radius 3 is 2.64 bits per heavy atom. The summed E-state index contributed by atoms with van der Waals surface area (Å²) < 4.78 is 5.61. The van der Waals surface area contributed by atoms with Crippen LogP contribution in [0.4, 0.5) is 0 Å². The average molecular weight is 199 g/mol. The van der Waals surface area contributed by atoms with Crippen LogP contribution < -0.4 is 5.32 Å². The lowest BCUT2D eigenvalue weighted by atomic mass is 9.83. The summed E-state index contributed by atoms with van der Waals surface area (Å²) in [4.78, 5) is 0. The molecule has 0 heterocycles. The summed E-state index contributed by atoms with van der Waals surface area (Å²) in [5.74, 6) is 0.840. The second kappa shape index (κ2) is 6.41. The van der Waals surface area contributed by atoms with Gasteiger partial charge in [-0.2, -0.15) is 0 Å². The Morgan fingerprint density at radius 2 is 2.00 bits per heavy atom. The van der Waals surface area contributed by atoms with Crippen molar-refractivity contribution in [2.24, 2.45) is 5.92 Å². The number of nitrogens with one attached hydrogen (secondary N) is 1. The van der Waals surface area contributed by atoms with Gasteiger partial charge in [0.2, 0.25) is 0 Å². The Bertz CT molecular complexity index is 147. The first-order valence-corrected chi connectivity index (χ1v) is 6.03. The number of hydrogen-bond donors (Lipinski definition) is 1. The summed E-state index contributed by atoms with van der Waals surface area (Å²) >= 11 is 0. The first-order valence-electron chi connectivity index (χ1n) is 6.03. The van der Waals surface area contributed by atoms with E-state index in [0.717, 1.165) is 18.6 Å². The summed E-state index contributed by atoms with van der Waals surface area (Å²) in [5.41, 5.74) is 0. The maximum absolute atomic E-state index is 5.61. The quantitative estimate of drug-likeness (QED) is 0.735. The van der Waals surface area contributed by atoms with Crippen molar-refractivity contribution in [3.8, 4) is 0 Å². The molecule has 2 heteroatoms. The van der Waals surface area contributed by atoms with E-state index >= 15 is 0 Å². The van der Waals surface area contributed by atoms with E-state index in [1.165, 1.54) is 32.1 Å². The van der Waals surface area contributed by atoms with Crippen LogP contribution in [0.25, 0.3) is 0 Å². The van der Waals surface area contributed by atoms with Crippen molar-refractivity contribution in [1.82, 2.24) is 5.32 Å². The zero-order valence-electron chi connectivity index (χ0n) is 9.88. The van der Waals surface area contributed by atoms with Gasteiger partial charge in [-0.15, -0.1) is 0 Å². The van der Waals surface area contributed by atoms with E-state index < -0.39 is 0 Å². The van der Waals surface area contributed by atoms with Gasteiger partial charge in [0.05, 0.1) is 6.10 Å². The van der Waals surface area contributed by atoms with Gasteiger partial charge in [-0.05, 0) is 46.1 Å². The van der Waals surface area contributed by atoms with Crippen molar-refractivity contribution < 1.29 is 4.74 Å². The maximum Gasteiger partial charge on any atom is 0.0518 e. The van der Waals surface area contributed by atoms with Crippen LogP contribution >= 0.6 is 0 Å². The van der Waals surface area contributed by atoms with Crippen molar-refractivity contribution in [3.63, 3.8) is 0 Å². The molecule has 0 aromatic heterocycles. The van der Waals surface area contributed by atoms with Crippen LogP contribution in [-0.2, 0) is 4.74 Å². The molecule has 1 fully saturated rings. The van der Waals surface area contributed by atoms with Gasteiger partial charge in [-0.3, -0.25) is 0 Å². The fourth-order valence-corrected chi connectivity index (χ4v) is 2.39. The molecule has 84 valence electrons. The van der Waals surface area contributed by atoms with Gasteiger partial charge in [0.15, 0.2) is 0 Å². The lowest BCUT2D eigenvalue weighted by Crippen LogP contribution is -2.36. The predicted molar refractivity (Wildman–Crippen MR) is 60.5 cm³/mol. The Balaban J connectivity index is 2.19. The molecule has 0 radical (unpaired) electrons. The van der Waals surface area contributed by atoms with Gasteiger partial charge in [0, 0.05) is 12.6 Å². The second-order valence-corrected chi connectivity index (χ2v) is 4.65. The summed E-state index contributed by atoms with van der Waals surface area (Å²) in [6, 6.07) is 0.736. The van der Waals surface area contributed by atoms with Crippen LogP contribution in [0.1, 0.15) is 46.0 Å². The second-order valence-electron chi connectivity index (χ2n) is 4.65. The van der Waals surface area contributed by atoms with Crippen molar-refractivity contribution in [1.29, 1.82) is 0 Å². The Morgan fingerprint density at radius 1 is 1.29 bits per heavy atom. The van der Waals surface area contributed by atoms with E-state index in [9.17, 15) is 0 Å². The molecule has 0 aromatic rings. The third kappa shape index (κ3) is 3.97. The molecular formula is C12H25NO. The van der Waals surface area contributed by atoms with E-state index in [4.69, 9.17) is 4.74 Å². The smallest absolute Gasteiger partial charge is 0.0518 e. The minimum absolute atomic E-state index is 0.381. The molecule has 1 aliphatic carbocycles. The molecule has 2 unspecified atom stereocenters. The highest BCUT2D eigenvalue weighted by atomic mass is 16.5. The van der Waals surface area contributed by atoms with Crippen molar-refractivity contribution in [3.05, 3.63) is 0 Å². The molecule has 0 spiro atoms. The minimum atomic E-state index is 0.381. The highest BCUT2D eigenvalue weighted by molar-refractivity contribution is 4.79. The van der Waals surface area contributed by atoms with E-state index in [0.29, 0.717) is 6.10 Å². The molecule has 0 amide bonds. The Labute approximate surface area is 88.4 Å². The normalized spacial score (nSPS) is 28.3. The average Bonchev–Trinajstić information content (AvgIpc) is 2.18. The van der Waals surface area contributed by atoms with Crippen molar-refractivity contribution >= 4 is 0 Å². The molecule has 0 saturated heterocycles. The molecule has 1 saturated carbocycles. The standard InChI is InChI=1S/C12H25NO/c1-10(2)14-9-8-11-6-4-5-7-12(11)13-3/h10-13H,4-9H2,1-3H3. The highest BCUT2D eigenvalue weighted by Crippen LogP contribution is 2.26. The van der Waals surface area contributed by atoms with Gasteiger partial charge in [-0.1, -0.05) is 12.8 Å². The first-order chi connectivity index (χ1) is 6.74. The molecule has 1 aliphatic rings. The Hall–Kier alpha value is -0.0800. The van der Waals surface area contributed by atoms with E-state index in [-0.39, 0.29) is 0 Å². The minimum Gasteiger partial charge on any atom is -0.379 e. The van der Waals surface area contributed by atoms with Gasteiger partial charge >= 0.3 is 0 Å². The van der Waals surface area contributed by atoms with Gasteiger partial charge in [0.1, 0.15) is 0 Å². The van der Waals surface area contributed by atoms with E-state index in [2.05, 4.69) is 26.2 Å². The Kier molecular flexibility index (Phi) is 5.49. The fraction of sp³-hybridized carbons (Fsp3) is 1.00. The lowest BCUT2D eigenvalue weighted by Gasteiger charge is -2.31. The summed E-state index contributed by atoms with van der Waals surface area (Å²) in [7, 11) is 2.09. The van der Waals surface area contributed by atoms with Crippen LogP contribution in [0.3, 0.4) is 0 Å². The van der Waals surface area contributed by atoms with Crippen LogP contribution in [0, 0.1) is 5.92 Å².